The monoisotopic (exact) mass is 225 g/mol. The Bertz CT molecular complexity index is 265. The van der Waals surface area contributed by atoms with Gasteiger partial charge in [0.05, 0.1) is 0 Å². The van der Waals surface area contributed by atoms with E-state index in [1.165, 1.54) is 19.3 Å². The van der Waals surface area contributed by atoms with Crippen molar-refractivity contribution in [2.24, 2.45) is 0 Å². The molecule has 1 amide bonds. The summed E-state index contributed by atoms with van der Waals surface area (Å²) in [6.45, 7) is 0. The quantitative estimate of drug-likeness (QED) is 0.720. The van der Waals surface area contributed by atoms with Crippen LogP contribution in [0.3, 0.4) is 0 Å². The number of carbonyl (C=O) groups is 2. The summed E-state index contributed by atoms with van der Waals surface area (Å²) < 4.78 is 0. The van der Waals surface area contributed by atoms with Gasteiger partial charge in [0.25, 0.3) is 0 Å². The Morgan fingerprint density at radius 1 is 1.00 bits per heavy atom. The van der Waals surface area contributed by atoms with E-state index in [0.717, 1.165) is 37.8 Å². The molecule has 0 aromatic rings. The second-order valence-corrected chi connectivity index (χ2v) is 4.22. The van der Waals surface area contributed by atoms with E-state index < -0.39 is 5.97 Å². The SMILES string of the molecule is O=C(O)/C=C\C(=O)NC1CCCCCCC1. The van der Waals surface area contributed by atoms with Gasteiger partial charge in [-0.15, -0.1) is 0 Å². The molecule has 1 fully saturated rings. The molecule has 4 nitrogen and oxygen atoms in total. The number of hydrogen-bond donors (Lipinski definition) is 2. The van der Waals surface area contributed by atoms with Crippen LogP contribution in [0.15, 0.2) is 12.2 Å². The van der Waals surface area contributed by atoms with E-state index in [1.54, 1.807) is 0 Å². The van der Waals surface area contributed by atoms with Crippen LogP contribution in [0.5, 0.6) is 0 Å². The minimum Gasteiger partial charge on any atom is -0.478 e. The summed E-state index contributed by atoms with van der Waals surface area (Å²) in [5, 5.41) is 11.2. The molecule has 1 rings (SSSR count). The number of nitrogens with one attached hydrogen (secondary N) is 1. The van der Waals surface area contributed by atoms with Gasteiger partial charge in [0, 0.05) is 18.2 Å². The maximum Gasteiger partial charge on any atom is 0.328 e. The molecular weight excluding hydrogens is 206 g/mol. The third-order valence-corrected chi connectivity index (χ3v) is 2.83. The van der Waals surface area contributed by atoms with Crippen LogP contribution in [-0.2, 0) is 9.59 Å². The van der Waals surface area contributed by atoms with Gasteiger partial charge < -0.3 is 10.4 Å². The number of carboxylic acid groups (broad SMARTS) is 1. The van der Waals surface area contributed by atoms with Crippen LogP contribution in [0.25, 0.3) is 0 Å². The molecule has 0 spiro atoms. The topological polar surface area (TPSA) is 66.4 Å². The van der Waals surface area contributed by atoms with Crippen molar-refractivity contribution in [3.05, 3.63) is 12.2 Å². The molecule has 0 aromatic heterocycles. The van der Waals surface area contributed by atoms with Crippen molar-refractivity contribution in [3.63, 3.8) is 0 Å². The number of amides is 1. The normalized spacial score (nSPS) is 19.0. The van der Waals surface area contributed by atoms with Crippen LogP contribution < -0.4 is 5.32 Å². The fourth-order valence-corrected chi connectivity index (χ4v) is 2.00. The highest BCUT2D eigenvalue weighted by Crippen LogP contribution is 2.16. The van der Waals surface area contributed by atoms with E-state index in [4.69, 9.17) is 5.11 Å². The smallest absolute Gasteiger partial charge is 0.328 e. The molecule has 0 unspecified atom stereocenters. The maximum absolute atomic E-state index is 11.4. The highest BCUT2D eigenvalue weighted by Gasteiger charge is 2.12. The van der Waals surface area contributed by atoms with Crippen LogP contribution in [0.4, 0.5) is 0 Å². The average molecular weight is 225 g/mol. The van der Waals surface area contributed by atoms with E-state index in [1.807, 2.05) is 0 Å². The predicted octanol–water partition coefficient (Wildman–Crippen LogP) is 1.86. The first-order valence-corrected chi connectivity index (χ1v) is 5.90. The highest BCUT2D eigenvalue weighted by molar-refractivity contribution is 5.93. The molecule has 90 valence electrons. The Hall–Kier alpha value is -1.32. The lowest BCUT2D eigenvalue weighted by molar-refractivity contribution is -0.131. The summed E-state index contributed by atoms with van der Waals surface area (Å²) >= 11 is 0. The van der Waals surface area contributed by atoms with Crippen LogP contribution in [0.2, 0.25) is 0 Å². The van der Waals surface area contributed by atoms with Crippen molar-refractivity contribution in [3.8, 4) is 0 Å². The van der Waals surface area contributed by atoms with E-state index in [9.17, 15) is 9.59 Å². The number of carbonyl (C=O) groups excluding carboxylic acids is 1. The molecule has 1 aliphatic carbocycles. The zero-order chi connectivity index (χ0) is 11.8. The predicted molar refractivity (Wildman–Crippen MR) is 61.0 cm³/mol. The van der Waals surface area contributed by atoms with Gasteiger partial charge in [0.15, 0.2) is 0 Å². The van der Waals surface area contributed by atoms with Crippen molar-refractivity contribution in [2.45, 2.75) is 51.0 Å². The Balaban J connectivity index is 2.33. The zero-order valence-corrected chi connectivity index (χ0v) is 9.45. The largest absolute Gasteiger partial charge is 0.478 e. The summed E-state index contributed by atoms with van der Waals surface area (Å²) in [4.78, 5) is 21.6. The van der Waals surface area contributed by atoms with Crippen molar-refractivity contribution in [1.29, 1.82) is 0 Å². The molecule has 0 bridgehead atoms. The molecule has 16 heavy (non-hydrogen) atoms. The second kappa shape index (κ2) is 7.04. The highest BCUT2D eigenvalue weighted by atomic mass is 16.4. The Kier molecular flexibility index (Phi) is 5.61. The van der Waals surface area contributed by atoms with E-state index in [2.05, 4.69) is 5.32 Å². The number of aliphatic carboxylic acids is 1. The maximum atomic E-state index is 11.4. The molecule has 1 saturated carbocycles. The lowest BCUT2D eigenvalue weighted by atomic mass is 9.97. The standard InChI is InChI=1S/C12H19NO3/c14-11(8-9-12(15)16)13-10-6-4-2-1-3-5-7-10/h8-10H,1-7H2,(H,13,14)(H,15,16)/b9-8-. The van der Waals surface area contributed by atoms with Gasteiger partial charge >= 0.3 is 5.97 Å². The molecule has 1 aliphatic rings. The van der Waals surface area contributed by atoms with Crippen molar-refractivity contribution >= 4 is 11.9 Å². The van der Waals surface area contributed by atoms with E-state index >= 15 is 0 Å². The van der Waals surface area contributed by atoms with E-state index in [-0.39, 0.29) is 11.9 Å². The molecule has 0 heterocycles. The molecule has 0 aliphatic heterocycles. The first kappa shape index (κ1) is 12.7. The van der Waals surface area contributed by atoms with Crippen LogP contribution in [-0.4, -0.2) is 23.0 Å². The Morgan fingerprint density at radius 3 is 2.12 bits per heavy atom. The molecule has 0 aromatic carbocycles. The molecule has 0 saturated heterocycles. The van der Waals surface area contributed by atoms with Crippen molar-refractivity contribution < 1.29 is 14.7 Å². The average Bonchev–Trinajstić information content (AvgIpc) is 2.19. The third-order valence-electron chi connectivity index (χ3n) is 2.83. The van der Waals surface area contributed by atoms with Gasteiger partial charge in [-0.3, -0.25) is 4.79 Å². The minimum absolute atomic E-state index is 0.214. The first-order valence-electron chi connectivity index (χ1n) is 5.90. The summed E-state index contributed by atoms with van der Waals surface area (Å²) in [6, 6.07) is 0.214. The van der Waals surface area contributed by atoms with Gasteiger partial charge in [-0.25, -0.2) is 4.79 Å². The second-order valence-electron chi connectivity index (χ2n) is 4.22. The first-order chi connectivity index (χ1) is 7.68. The molecular formula is C12H19NO3. The van der Waals surface area contributed by atoms with Gasteiger partial charge in [-0.2, -0.15) is 0 Å². The summed E-state index contributed by atoms with van der Waals surface area (Å²) in [5.74, 6) is -1.39. The van der Waals surface area contributed by atoms with Crippen molar-refractivity contribution in [1.82, 2.24) is 5.32 Å². The number of rotatable bonds is 3. The van der Waals surface area contributed by atoms with Gasteiger partial charge in [-0.1, -0.05) is 32.1 Å². The van der Waals surface area contributed by atoms with Crippen LogP contribution in [0.1, 0.15) is 44.9 Å². The summed E-state index contributed by atoms with van der Waals surface area (Å²) in [7, 11) is 0. The number of carboxylic acids is 1. The molecule has 4 heteroatoms. The zero-order valence-electron chi connectivity index (χ0n) is 9.45. The summed E-state index contributed by atoms with van der Waals surface area (Å²) in [5.41, 5.74) is 0. The van der Waals surface area contributed by atoms with Crippen molar-refractivity contribution in [2.75, 3.05) is 0 Å². The molecule has 0 radical (unpaired) electrons. The van der Waals surface area contributed by atoms with Gasteiger partial charge in [-0.05, 0) is 12.8 Å². The molecule has 0 atom stereocenters. The third kappa shape index (κ3) is 5.53. The Morgan fingerprint density at radius 2 is 1.56 bits per heavy atom. The Labute approximate surface area is 95.7 Å². The fourth-order valence-electron chi connectivity index (χ4n) is 2.00. The lowest BCUT2D eigenvalue weighted by Gasteiger charge is -2.20. The van der Waals surface area contributed by atoms with E-state index in [0.29, 0.717) is 0 Å². The van der Waals surface area contributed by atoms with Crippen LogP contribution in [0, 0.1) is 0 Å². The minimum atomic E-state index is -1.09. The number of hydrogen-bond acceptors (Lipinski definition) is 2. The van der Waals surface area contributed by atoms with Crippen LogP contribution >= 0.6 is 0 Å². The molecule has 2 N–H and O–H groups in total. The fraction of sp³-hybridized carbons (Fsp3) is 0.667. The summed E-state index contributed by atoms with van der Waals surface area (Å²) in [6.07, 6.45) is 10.0. The van der Waals surface area contributed by atoms with Gasteiger partial charge in [0.2, 0.25) is 5.91 Å². The lowest BCUT2D eigenvalue weighted by Crippen LogP contribution is -2.34. The van der Waals surface area contributed by atoms with Gasteiger partial charge in [0.1, 0.15) is 0 Å².